The van der Waals surface area contributed by atoms with Gasteiger partial charge in [-0.2, -0.15) is 0 Å². The first-order chi connectivity index (χ1) is 10.7. The Morgan fingerprint density at radius 3 is 1.45 bits per heavy atom. The maximum atomic E-state index is 11.5. The molecule has 2 saturated heterocycles. The summed E-state index contributed by atoms with van der Waals surface area (Å²) in [5.74, 6) is -0.980. The van der Waals surface area contributed by atoms with E-state index in [2.05, 4.69) is 9.80 Å². The van der Waals surface area contributed by atoms with Crippen molar-refractivity contribution in [2.24, 2.45) is 0 Å². The number of hydrogen-bond donors (Lipinski definition) is 0. The molecule has 0 radical (unpaired) electrons. The number of carbonyl (C=O) groups excluding carboxylic acids is 2. The van der Waals surface area contributed by atoms with Crippen LogP contribution < -0.4 is 0 Å². The fourth-order valence-electron chi connectivity index (χ4n) is 2.80. The molecule has 2 heterocycles. The number of hydrogen-bond acceptors (Lipinski definition) is 6. The summed E-state index contributed by atoms with van der Waals surface area (Å²) in [6, 6.07) is 0. The molecule has 0 aliphatic carbocycles. The molecule has 0 N–H and O–H groups in total. The van der Waals surface area contributed by atoms with Gasteiger partial charge in [0.1, 0.15) is 13.2 Å². The maximum Gasteiger partial charge on any atom is 0.331 e. The largest absolute Gasteiger partial charge is 0.461 e. The van der Waals surface area contributed by atoms with Crippen LogP contribution in [0.1, 0.15) is 25.7 Å². The van der Waals surface area contributed by atoms with E-state index in [9.17, 15) is 9.59 Å². The quantitative estimate of drug-likeness (QED) is 0.489. The van der Waals surface area contributed by atoms with E-state index < -0.39 is 11.9 Å². The van der Waals surface area contributed by atoms with Crippen LogP contribution in [-0.2, 0) is 19.1 Å². The summed E-state index contributed by atoms with van der Waals surface area (Å²) in [6.07, 6.45) is 7.16. The predicted octanol–water partition coefficient (Wildman–Crippen LogP) is 0.821. The zero-order chi connectivity index (χ0) is 15.6. The third-order valence-corrected chi connectivity index (χ3v) is 4.06. The van der Waals surface area contributed by atoms with Gasteiger partial charge in [0.2, 0.25) is 0 Å². The van der Waals surface area contributed by atoms with Gasteiger partial charge in [0.25, 0.3) is 0 Å². The summed E-state index contributed by atoms with van der Waals surface area (Å²) in [6.45, 7) is 6.58. The predicted molar refractivity (Wildman–Crippen MR) is 82.4 cm³/mol. The molecule has 2 aliphatic heterocycles. The number of carbonyl (C=O) groups is 2. The molecular formula is C16H26N2O4. The lowest BCUT2D eigenvalue weighted by molar-refractivity contribution is -0.140. The van der Waals surface area contributed by atoms with E-state index in [1.165, 1.54) is 25.7 Å². The van der Waals surface area contributed by atoms with Gasteiger partial charge in [-0.05, 0) is 51.9 Å². The SMILES string of the molecule is O=C(/C=C/C(=O)OCCN1CCCC1)OCCN1CCCC1. The minimum Gasteiger partial charge on any atom is -0.461 e. The van der Waals surface area contributed by atoms with Crippen LogP contribution in [-0.4, -0.2) is 74.2 Å². The molecule has 0 aromatic carbocycles. The highest BCUT2D eigenvalue weighted by atomic mass is 16.5. The van der Waals surface area contributed by atoms with Gasteiger partial charge in [0.15, 0.2) is 0 Å². The molecule has 6 heteroatoms. The summed E-state index contributed by atoms with van der Waals surface area (Å²) in [5, 5.41) is 0. The van der Waals surface area contributed by atoms with Crippen molar-refractivity contribution >= 4 is 11.9 Å². The normalized spacial score (nSPS) is 19.8. The summed E-state index contributed by atoms with van der Waals surface area (Å²) in [7, 11) is 0. The van der Waals surface area contributed by atoms with E-state index in [1.807, 2.05) is 0 Å². The summed E-state index contributed by atoms with van der Waals surface area (Å²) in [4.78, 5) is 27.5. The van der Waals surface area contributed by atoms with Crippen LogP contribution in [0.25, 0.3) is 0 Å². The van der Waals surface area contributed by atoms with E-state index in [0.29, 0.717) is 13.2 Å². The van der Waals surface area contributed by atoms with Gasteiger partial charge in [0.05, 0.1) is 0 Å². The Morgan fingerprint density at radius 2 is 1.09 bits per heavy atom. The number of ether oxygens (including phenoxy) is 2. The minimum atomic E-state index is -0.490. The van der Waals surface area contributed by atoms with Crippen LogP contribution in [0.2, 0.25) is 0 Å². The lowest BCUT2D eigenvalue weighted by Gasteiger charge is -2.13. The molecule has 0 aromatic rings. The lowest BCUT2D eigenvalue weighted by atomic mass is 10.4. The zero-order valence-electron chi connectivity index (χ0n) is 13.2. The van der Waals surface area contributed by atoms with Gasteiger partial charge >= 0.3 is 11.9 Å². The van der Waals surface area contributed by atoms with Crippen molar-refractivity contribution in [2.75, 3.05) is 52.5 Å². The Kier molecular flexibility index (Phi) is 7.39. The van der Waals surface area contributed by atoms with Gasteiger partial charge in [-0.1, -0.05) is 0 Å². The standard InChI is InChI=1S/C16H26N2O4/c19-15(21-13-11-17-7-1-2-8-17)5-6-16(20)22-14-12-18-9-3-4-10-18/h5-6H,1-4,7-14H2/b6-5+. The summed E-state index contributed by atoms with van der Waals surface area (Å²) in [5.41, 5.74) is 0. The van der Waals surface area contributed by atoms with Crippen LogP contribution >= 0.6 is 0 Å². The Bertz CT molecular complexity index is 350. The third kappa shape index (κ3) is 6.58. The second kappa shape index (κ2) is 9.58. The van der Waals surface area contributed by atoms with Crippen molar-refractivity contribution in [1.82, 2.24) is 9.80 Å². The van der Waals surface area contributed by atoms with Crippen LogP contribution in [0.5, 0.6) is 0 Å². The van der Waals surface area contributed by atoms with Gasteiger partial charge in [-0.3, -0.25) is 9.80 Å². The Labute approximate surface area is 132 Å². The fraction of sp³-hybridized carbons (Fsp3) is 0.750. The highest BCUT2D eigenvalue weighted by molar-refractivity contribution is 5.91. The van der Waals surface area contributed by atoms with E-state index in [0.717, 1.165) is 51.4 Å². The number of nitrogens with zero attached hydrogens (tertiary/aromatic N) is 2. The Hall–Kier alpha value is -1.40. The first kappa shape index (κ1) is 17.0. The number of esters is 2. The number of rotatable bonds is 8. The zero-order valence-corrected chi connectivity index (χ0v) is 13.2. The summed E-state index contributed by atoms with van der Waals surface area (Å²) >= 11 is 0. The smallest absolute Gasteiger partial charge is 0.331 e. The summed E-state index contributed by atoms with van der Waals surface area (Å²) < 4.78 is 10.1. The molecule has 0 atom stereocenters. The molecule has 0 amide bonds. The minimum absolute atomic E-state index is 0.368. The molecule has 2 aliphatic rings. The van der Waals surface area contributed by atoms with Crippen molar-refractivity contribution in [2.45, 2.75) is 25.7 Å². The van der Waals surface area contributed by atoms with E-state index >= 15 is 0 Å². The Balaban J connectivity index is 1.50. The van der Waals surface area contributed by atoms with Gasteiger partial charge in [-0.15, -0.1) is 0 Å². The van der Waals surface area contributed by atoms with Crippen molar-refractivity contribution in [3.63, 3.8) is 0 Å². The maximum absolute atomic E-state index is 11.5. The van der Waals surface area contributed by atoms with E-state index in [1.54, 1.807) is 0 Å². The second-order valence-corrected chi connectivity index (χ2v) is 5.77. The van der Waals surface area contributed by atoms with Crippen molar-refractivity contribution in [3.05, 3.63) is 12.2 Å². The van der Waals surface area contributed by atoms with E-state index in [-0.39, 0.29) is 0 Å². The molecule has 6 nitrogen and oxygen atoms in total. The third-order valence-electron chi connectivity index (χ3n) is 4.06. The van der Waals surface area contributed by atoms with E-state index in [4.69, 9.17) is 9.47 Å². The Morgan fingerprint density at radius 1 is 0.727 bits per heavy atom. The number of likely N-dealkylation sites (tertiary alicyclic amines) is 2. The molecule has 2 fully saturated rings. The highest BCUT2D eigenvalue weighted by Crippen LogP contribution is 2.06. The molecular weight excluding hydrogens is 284 g/mol. The average molecular weight is 310 g/mol. The molecule has 0 unspecified atom stereocenters. The molecule has 0 saturated carbocycles. The van der Waals surface area contributed by atoms with Crippen LogP contribution in [0.4, 0.5) is 0 Å². The highest BCUT2D eigenvalue weighted by Gasteiger charge is 2.12. The first-order valence-corrected chi connectivity index (χ1v) is 8.20. The fourth-order valence-corrected chi connectivity index (χ4v) is 2.80. The average Bonchev–Trinajstić information content (AvgIpc) is 3.18. The van der Waals surface area contributed by atoms with Crippen LogP contribution in [0.3, 0.4) is 0 Å². The van der Waals surface area contributed by atoms with Gasteiger partial charge in [0, 0.05) is 25.2 Å². The van der Waals surface area contributed by atoms with Crippen LogP contribution in [0.15, 0.2) is 12.2 Å². The lowest BCUT2D eigenvalue weighted by Crippen LogP contribution is -2.25. The molecule has 0 spiro atoms. The van der Waals surface area contributed by atoms with Crippen molar-refractivity contribution < 1.29 is 19.1 Å². The molecule has 2 rings (SSSR count). The first-order valence-electron chi connectivity index (χ1n) is 8.20. The second-order valence-electron chi connectivity index (χ2n) is 5.77. The molecule has 0 bridgehead atoms. The molecule has 124 valence electrons. The van der Waals surface area contributed by atoms with Crippen molar-refractivity contribution in [1.29, 1.82) is 0 Å². The molecule has 0 aromatic heterocycles. The molecule has 22 heavy (non-hydrogen) atoms. The monoisotopic (exact) mass is 310 g/mol. The van der Waals surface area contributed by atoms with Crippen molar-refractivity contribution in [3.8, 4) is 0 Å². The van der Waals surface area contributed by atoms with Gasteiger partial charge in [-0.25, -0.2) is 9.59 Å². The topological polar surface area (TPSA) is 59.1 Å². The van der Waals surface area contributed by atoms with Gasteiger partial charge < -0.3 is 9.47 Å². The van der Waals surface area contributed by atoms with Crippen LogP contribution in [0, 0.1) is 0 Å².